The molecule has 0 aliphatic carbocycles. The van der Waals surface area contributed by atoms with Crippen LogP contribution in [-0.2, 0) is 17.1 Å². The number of thiophene rings is 1. The van der Waals surface area contributed by atoms with Crippen molar-refractivity contribution in [3.8, 4) is 0 Å². The number of methoxy groups -OCH3 is 1. The lowest BCUT2D eigenvalue weighted by atomic mass is 10.1. The number of hydrogen-bond donors (Lipinski definition) is 1. The fraction of sp³-hybridized carbons (Fsp3) is 0.130. The average Bonchev–Trinajstić information content (AvgIpc) is 3.14. The number of nitrogens with one attached hydrogen (secondary N) is 1. The van der Waals surface area contributed by atoms with Crippen LogP contribution in [0.15, 0.2) is 71.9 Å². The van der Waals surface area contributed by atoms with Crippen LogP contribution in [0.4, 0.5) is 10.1 Å². The fourth-order valence-corrected chi connectivity index (χ4v) is 5.07. The van der Waals surface area contributed by atoms with Gasteiger partial charge in [0, 0.05) is 40.4 Å². The molecule has 0 aliphatic heterocycles. The summed E-state index contributed by atoms with van der Waals surface area (Å²) in [5.41, 5.74) is 2.35. The molecule has 0 spiro atoms. The van der Waals surface area contributed by atoms with Crippen molar-refractivity contribution < 1.29 is 13.9 Å². The maximum Gasteiger partial charge on any atom is 0.266 e. The molecule has 0 bridgehead atoms. The van der Waals surface area contributed by atoms with E-state index in [4.69, 9.17) is 4.74 Å². The van der Waals surface area contributed by atoms with Gasteiger partial charge in [0.2, 0.25) is 0 Å². The van der Waals surface area contributed by atoms with Gasteiger partial charge in [0.25, 0.3) is 5.91 Å². The molecule has 0 saturated heterocycles. The van der Waals surface area contributed by atoms with Gasteiger partial charge in [0.1, 0.15) is 5.82 Å². The summed E-state index contributed by atoms with van der Waals surface area (Å²) in [6.45, 7) is 0.171. The zero-order valence-corrected chi connectivity index (χ0v) is 17.9. The molecule has 2 aromatic carbocycles. The number of carbonyl (C=O) groups excluding carboxylic acids is 1. The van der Waals surface area contributed by atoms with Crippen LogP contribution in [0.5, 0.6) is 0 Å². The van der Waals surface area contributed by atoms with E-state index in [-0.39, 0.29) is 18.3 Å². The van der Waals surface area contributed by atoms with Crippen LogP contribution in [0.25, 0.3) is 10.1 Å². The molecule has 0 fully saturated rings. The third-order valence-corrected chi connectivity index (χ3v) is 6.68. The second-order valence-electron chi connectivity index (χ2n) is 6.57. The van der Waals surface area contributed by atoms with Crippen LogP contribution in [0.3, 0.4) is 0 Å². The van der Waals surface area contributed by atoms with Gasteiger partial charge in [-0.15, -0.1) is 23.1 Å². The molecule has 4 aromatic rings. The first kappa shape index (κ1) is 20.5. The summed E-state index contributed by atoms with van der Waals surface area (Å²) in [7, 11) is 1.54. The number of fused-ring (bicyclic) bond motifs is 1. The smallest absolute Gasteiger partial charge is 0.266 e. The van der Waals surface area contributed by atoms with E-state index in [0.717, 1.165) is 21.0 Å². The molecule has 30 heavy (non-hydrogen) atoms. The van der Waals surface area contributed by atoms with E-state index in [1.54, 1.807) is 24.0 Å². The molecule has 0 aliphatic rings. The highest BCUT2D eigenvalue weighted by molar-refractivity contribution is 7.98. The second-order valence-corrected chi connectivity index (χ2v) is 8.61. The van der Waals surface area contributed by atoms with Gasteiger partial charge in [0.15, 0.2) is 0 Å². The van der Waals surface area contributed by atoms with Crippen LogP contribution in [0, 0.1) is 5.82 Å². The maximum atomic E-state index is 14.4. The van der Waals surface area contributed by atoms with Gasteiger partial charge in [-0.1, -0.05) is 24.3 Å². The minimum atomic E-state index is -0.344. The van der Waals surface area contributed by atoms with Crippen molar-refractivity contribution in [3.63, 3.8) is 0 Å². The Morgan fingerprint density at radius 1 is 1.17 bits per heavy atom. The Bertz CT molecular complexity index is 1180. The quantitative estimate of drug-likeness (QED) is 0.353. The third kappa shape index (κ3) is 4.53. The molecule has 152 valence electrons. The molecule has 0 atom stereocenters. The van der Waals surface area contributed by atoms with Gasteiger partial charge >= 0.3 is 0 Å². The number of halogens is 1. The number of amides is 1. The second kappa shape index (κ2) is 9.38. The molecule has 7 heteroatoms. The monoisotopic (exact) mass is 438 g/mol. The van der Waals surface area contributed by atoms with E-state index >= 15 is 0 Å². The lowest BCUT2D eigenvalue weighted by Gasteiger charge is -2.08. The Morgan fingerprint density at radius 3 is 2.83 bits per heavy atom. The van der Waals surface area contributed by atoms with E-state index in [1.807, 2.05) is 48.5 Å². The number of rotatable bonds is 7. The molecule has 2 heterocycles. The van der Waals surface area contributed by atoms with Crippen LogP contribution in [0.1, 0.15) is 20.8 Å². The summed E-state index contributed by atoms with van der Waals surface area (Å²) in [6, 6.07) is 18.4. The molecule has 1 amide bonds. The van der Waals surface area contributed by atoms with Crippen LogP contribution in [-0.4, -0.2) is 18.0 Å². The lowest BCUT2D eigenvalue weighted by molar-refractivity contribution is 0.102. The summed E-state index contributed by atoms with van der Waals surface area (Å²) in [6.07, 6.45) is 1.77. The predicted octanol–water partition coefficient (Wildman–Crippen LogP) is 6.13. The third-order valence-electron chi connectivity index (χ3n) is 4.47. The largest absolute Gasteiger partial charge is 0.380 e. The summed E-state index contributed by atoms with van der Waals surface area (Å²) in [5.74, 6) is 0.129. The van der Waals surface area contributed by atoms with Gasteiger partial charge in [-0.05, 0) is 42.0 Å². The number of pyridine rings is 1. The number of nitrogens with zero attached hydrogens (tertiary/aromatic N) is 1. The summed E-state index contributed by atoms with van der Waals surface area (Å²) in [5, 5.41) is 4.35. The zero-order valence-electron chi connectivity index (χ0n) is 16.2. The van der Waals surface area contributed by atoms with Crippen LogP contribution in [0.2, 0.25) is 0 Å². The standard InChI is InChI=1S/C23H19FN2O2S2/c1-28-13-17-21-18(24)8-5-9-19(21)30-22(17)23(27)26-16-7-4-6-15(12-16)14-29-20-10-2-3-11-25-20/h2-12H,13-14H2,1H3,(H,26,27). The first-order chi connectivity index (χ1) is 14.7. The Balaban J connectivity index is 1.54. The summed E-state index contributed by atoms with van der Waals surface area (Å²) in [4.78, 5) is 17.8. The maximum absolute atomic E-state index is 14.4. The fourth-order valence-electron chi connectivity index (χ4n) is 3.15. The summed E-state index contributed by atoms with van der Waals surface area (Å²) >= 11 is 2.90. The number of benzene rings is 2. The van der Waals surface area contributed by atoms with Crippen molar-refractivity contribution >= 4 is 44.8 Å². The SMILES string of the molecule is COCc1c(C(=O)Nc2cccc(CSc3ccccn3)c2)sc2cccc(F)c12. The molecular weight excluding hydrogens is 419 g/mol. The molecule has 4 rings (SSSR count). The Morgan fingerprint density at radius 2 is 2.03 bits per heavy atom. The van der Waals surface area contributed by atoms with Crippen molar-refractivity contribution in [1.29, 1.82) is 0 Å². The van der Waals surface area contributed by atoms with Gasteiger partial charge < -0.3 is 10.1 Å². The predicted molar refractivity (Wildman–Crippen MR) is 121 cm³/mol. The molecule has 0 saturated carbocycles. The lowest BCUT2D eigenvalue weighted by Crippen LogP contribution is -2.12. The number of anilines is 1. The van der Waals surface area contributed by atoms with E-state index in [9.17, 15) is 9.18 Å². The highest BCUT2D eigenvalue weighted by Gasteiger charge is 2.20. The van der Waals surface area contributed by atoms with Crippen molar-refractivity contribution in [2.75, 3.05) is 12.4 Å². The number of aromatic nitrogens is 1. The van der Waals surface area contributed by atoms with Crippen LogP contribution >= 0.6 is 23.1 Å². The van der Waals surface area contributed by atoms with Crippen molar-refractivity contribution in [2.45, 2.75) is 17.4 Å². The Labute approximate surface area is 182 Å². The van der Waals surface area contributed by atoms with Gasteiger partial charge in [-0.25, -0.2) is 9.37 Å². The zero-order chi connectivity index (χ0) is 20.9. The molecule has 0 radical (unpaired) electrons. The van der Waals surface area contributed by atoms with E-state index < -0.39 is 0 Å². The number of thioether (sulfide) groups is 1. The molecule has 1 N–H and O–H groups in total. The van der Waals surface area contributed by atoms with Gasteiger partial charge in [0.05, 0.1) is 16.5 Å². The number of ether oxygens (including phenoxy) is 1. The minimum absolute atomic E-state index is 0.171. The number of carbonyl (C=O) groups is 1. The number of hydrogen-bond acceptors (Lipinski definition) is 5. The topological polar surface area (TPSA) is 51.2 Å². The van der Waals surface area contributed by atoms with Gasteiger partial charge in [-0.2, -0.15) is 0 Å². The van der Waals surface area contributed by atoms with E-state index in [0.29, 0.717) is 21.5 Å². The normalized spacial score (nSPS) is 11.0. The van der Waals surface area contributed by atoms with Crippen molar-refractivity contribution in [3.05, 3.63) is 88.7 Å². The van der Waals surface area contributed by atoms with Crippen molar-refractivity contribution in [1.82, 2.24) is 4.98 Å². The Kier molecular flexibility index (Phi) is 6.42. The van der Waals surface area contributed by atoms with Crippen LogP contribution < -0.4 is 5.32 Å². The molecule has 2 aromatic heterocycles. The van der Waals surface area contributed by atoms with Crippen molar-refractivity contribution in [2.24, 2.45) is 0 Å². The first-order valence-electron chi connectivity index (χ1n) is 9.28. The highest BCUT2D eigenvalue weighted by Crippen LogP contribution is 2.34. The van der Waals surface area contributed by atoms with E-state index in [2.05, 4.69) is 10.3 Å². The average molecular weight is 439 g/mol. The molecular formula is C23H19FN2O2S2. The Hall–Kier alpha value is -2.74. The minimum Gasteiger partial charge on any atom is -0.380 e. The van der Waals surface area contributed by atoms with E-state index in [1.165, 1.54) is 24.5 Å². The summed E-state index contributed by atoms with van der Waals surface area (Å²) < 4.78 is 20.3. The molecule has 4 nitrogen and oxygen atoms in total. The highest BCUT2D eigenvalue weighted by atomic mass is 32.2. The molecule has 0 unspecified atom stereocenters. The van der Waals surface area contributed by atoms with Gasteiger partial charge in [-0.3, -0.25) is 4.79 Å². The first-order valence-corrected chi connectivity index (χ1v) is 11.1.